The molecule has 14 heavy (non-hydrogen) atoms. The molecule has 0 atom stereocenters. The smallest absolute Gasteiger partial charge is 0.311 e. The lowest BCUT2D eigenvalue weighted by atomic mass is 10.4. The van der Waals surface area contributed by atoms with Crippen LogP contribution in [-0.4, -0.2) is 37.7 Å². The lowest BCUT2D eigenvalue weighted by Crippen LogP contribution is -2.12. The van der Waals surface area contributed by atoms with Gasteiger partial charge >= 0.3 is 5.97 Å². The van der Waals surface area contributed by atoms with Crippen molar-refractivity contribution >= 4 is 5.97 Å². The van der Waals surface area contributed by atoms with E-state index in [1.807, 2.05) is 0 Å². The third kappa shape index (κ3) is 3.04. The molecule has 8 heteroatoms. The van der Waals surface area contributed by atoms with Crippen LogP contribution in [0.3, 0.4) is 0 Å². The highest BCUT2D eigenvalue weighted by atomic mass is 19.3. The number of hydrogen-bond donors (Lipinski definition) is 1. The van der Waals surface area contributed by atoms with Crippen molar-refractivity contribution in [3.8, 4) is 0 Å². The second-order valence-electron chi connectivity index (χ2n) is 2.57. The van der Waals surface area contributed by atoms with Crippen molar-refractivity contribution in [3.63, 3.8) is 0 Å². The number of hydrogen-bond acceptors (Lipinski definition) is 4. The van der Waals surface area contributed by atoms with Gasteiger partial charge in [0.25, 0.3) is 0 Å². The van der Waals surface area contributed by atoms with Gasteiger partial charge in [-0.25, -0.2) is 13.5 Å². The normalized spacial score (nSPS) is 10.8. The molecule has 0 radical (unpaired) electrons. The van der Waals surface area contributed by atoms with Crippen LogP contribution >= 0.6 is 0 Å². The van der Waals surface area contributed by atoms with Crippen LogP contribution in [0, 0.1) is 0 Å². The average Bonchev–Trinajstić information content (AvgIpc) is 2.47. The average molecular weight is 206 g/mol. The van der Waals surface area contributed by atoms with Crippen LogP contribution in [0.25, 0.3) is 0 Å². The van der Waals surface area contributed by atoms with Crippen LogP contribution in [-0.2, 0) is 17.8 Å². The fourth-order valence-corrected chi connectivity index (χ4v) is 0.879. The van der Waals surface area contributed by atoms with Crippen LogP contribution in [0.2, 0.25) is 0 Å². The highest BCUT2D eigenvalue weighted by Crippen LogP contribution is 2.02. The second-order valence-corrected chi connectivity index (χ2v) is 2.57. The summed E-state index contributed by atoms with van der Waals surface area (Å²) in [6, 6.07) is 0. The maximum absolute atomic E-state index is 11.8. The molecule has 78 valence electrons. The molecule has 1 aromatic rings. The van der Waals surface area contributed by atoms with Gasteiger partial charge in [0.2, 0.25) is 6.43 Å². The first kappa shape index (κ1) is 10.5. The predicted molar refractivity (Wildman–Crippen MR) is 39.8 cm³/mol. The molecule has 0 spiro atoms. The number of halogens is 2. The summed E-state index contributed by atoms with van der Waals surface area (Å²) >= 11 is 0. The number of carboxylic acid groups (broad SMARTS) is 1. The molecule has 1 N–H and O–H groups in total. The van der Waals surface area contributed by atoms with E-state index >= 15 is 0 Å². The van der Waals surface area contributed by atoms with Crippen molar-refractivity contribution in [1.82, 2.24) is 20.2 Å². The Kier molecular flexibility index (Phi) is 3.43. The Hall–Kier alpha value is -1.60. The minimum Gasteiger partial charge on any atom is -0.481 e. The summed E-state index contributed by atoms with van der Waals surface area (Å²) < 4.78 is 24.7. The molecule has 0 fully saturated rings. The zero-order chi connectivity index (χ0) is 10.6. The summed E-state index contributed by atoms with van der Waals surface area (Å²) in [5, 5.41) is 18.4. The van der Waals surface area contributed by atoms with Gasteiger partial charge in [-0.1, -0.05) is 0 Å². The number of nitrogens with zero attached hydrogens (tertiary/aromatic N) is 4. The molecule has 0 bridgehead atoms. The summed E-state index contributed by atoms with van der Waals surface area (Å²) in [5.74, 6) is -1.02. The van der Waals surface area contributed by atoms with Gasteiger partial charge < -0.3 is 5.11 Å². The van der Waals surface area contributed by atoms with Crippen molar-refractivity contribution in [2.45, 2.75) is 25.8 Å². The van der Waals surface area contributed by atoms with Crippen LogP contribution in [0.1, 0.15) is 12.2 Å². The quantitative estimate of drug-likeness (QED) is 0.730. The molecule has 0 aliphatic rings. The van der Waals surface area contributed by atoms with E-state index in [1.54, 1.807) is 0 Å². The van der Waals surface area contributed by atoms with E-state index in [9.17, 15) is 13.6 Å². The van der Waals surface area contributed by atoms with Crippen molar-refractivity contribution in [3.05, 3.63) is 5.82 Å². The van der Waals surface area contributed by atoms with E-state index in [-0.39, 0.29) is 18.8 Å². The summed E-state index contributed by atoms with van der Waals surface area (Å²) in [5.41, 5.74) is 0. The fraction of sp³-hybridized carbons (Fsp3) is 0.667. The molecule has 0 aromatic carbocycles. The standard InChI is InChI=1S/C6H8F2N4O2/c7-4(8)1-2-12-5(3-6(13)14)9-10-11-12/h4H,1-3H2,(H,13,14). The van der Waals surface area contributed by atoms with Crippen molar-refractivity contribution < 1.29 is 18.7 Å². The number of carbonyl (C=O) groups is 1. The third-order valence-corrected chi connectivity index (χ3v) is 1.47. The first-order chi connectivity index (χ1) is 6.59. The molecule has 6 nitrogen and oxygen atoms in total. The topological polar surface area (TPSA) is 80.9 Å². The molecule has 0 saturated carbocycles. The van der Waals surface area contributed by atoms with Gasteiger partial charge in [-0.2, -0.15) is 0 Å². The predicted octanol–water partition coefficient (Wildman–Crippen LogP) is -0.0446. The Morgan fingerprint density at radius 1 is 1.57 bits per heavy atom. The van der Waals surface area contributed by atoms with Gasteiger partial charge in [-0.05, 0) is 10.4 Å². The Balaban J connectivity index is 2.58. The van der Waals surface area contributed by atoms with Gasteiger partial charge in [-0.15, -0.1) is 5.10 Å². The largest absolute Gasteiger partial charge is 0.481 e. The summed E-state index contributed by atoms with van der Waals surface area (Å²) in [6.45, 7) is -0.0761. The SMILES string of the molecule is O=C(O)Cc1nnnn1CCC(F)F. The minimum atomic E-state index is -2.45. The van der Waals surface area contributed by atoms with Gasteiger partial charge in [0.15, 0.2) is 5.82 Å². The monoisotopic (exact) mass is 206 g/mol. The second kappa shape index (κ2) is 4.58. The van der Waals surface area contributed by atoms with Crippen LogP contribution in [0.15, 0.2) is 0 Å². The minimum absolute atomic E-state index is 0.0761. The van der Waals surface area contributed by atoms with Gasteiger partial charge in [-0.3, -0.25) is 4.79 Å². The van der Waals surface area contributed by atoms with E-state index in [0.29, 0.717) is 0 Å². The number of aliphatic carboxylic acids is 1. The first-order valence-corrected chi connectivity index (χ1v) is 3.84. The number of aromatic nitrogens is 4. The maximum atomic E-state index is 11.8. The Morgan fingerprint density at radius 3 is 2.86 bits per heavy atom. The summed E-state index contributed by atoms with van der Waals surface area (Å²) in [4.78, 5) is 10.3. The summed E-state index contributed by atoms with van der Waals surface area (Å²) in [6.07, 6.45) is -3.20. The number of rotatable bonds is 5. The Morgan fingerprint density at radius 2 is 2.29 bits per heavy atom. The molecule has 0 saturated heterocycles. The third-order valence-electron chi connectivity index (χ3n) is 1.47. The number of carboxylic acids is 1. The van der Waals surface area contributed by atoms with Gasteiger partial charge in [0, 0.05) is 6.42 Å². The van der Waals surface area contributed by atoms with Crippen LogP contribution in [0.4, 0.5) is 8.78 Å². The number of tetrazole rings is 1. The molecule has 0 aliphatic heterocycles. The zero-order valence-electron chi connectivity index (χ0n) is 7.10. The molecule has 1 heterocycles. The van der Waals surface area contributed by atoms with Gasteiger partial charge in [0.1, 0.15) is 6.42 Å². The van der Waals surface area contributed by atoms with E-state index in [2.05, 4.69) is 15.5 Å². The number of alkyl halides is 2. The van der Waals surface area contributed by atoms with E-state index in [4.69, 9.17) is 5.11 Å². The molecule has 0 unspecified atom stereocenters. The lowest BCUT2D eigenvalue weighted by molar-refractivity contribution is -0.136. The molecular formula is C6H8F2N4O2. The highest BCUT2D eigenvalue weighted by molar-refractivity contribution is 5.68. The lowest BCUT2D eigenvalue weighted by Gasteiger charge is -2.01. The van der Waals surface area contributed by atoms with Crippen molar-refractivity contribution in [2.24, 2.45) is 0 Å². The number of aryl methyl sites for hydroxylation is 1. The Bertz CT molecular complexity index is 315. The fourth-order valence-electron chi connectivity index (χ4n) is 0.879. The Labute approximate surface area is 77.5 Å². The first-order valence-electron chi connectivity index (χ1n) is 3.84. The van der Waals surface area contributed by atoms with Crippen molar-refractivity contribution in [2.75, 3.05) is 0 Å². The van der Waals surface area contributed by atoms with Crippen LogP contribution in [0.5, 0.6) is 0 Å². The maximum Gasteiger partial charge on any atom is 0.311 e. The molecular weight excluding hydrogens is 198 g/mol. The molecule has 0 amide bonds. The highest BCUT2D eigenvalue weighted by Gasteiger charge is 2.11. The zero-order valence-corrected chi connectivity index (χ0v) is 7.10. The van der Waals surface area contributed by atoms with E-state index < -0.39 is 18.8 Å². The van der Waals surface area contributed by atoms with Gasteiger partial charge in [0.05, 0.1) is 6.54 Å². The molecule has 0 aliphatic carbocycles. The molecule has 1 rings (SSSR count). The van der Waals surface area contributed by atoms with Crippen LogP contribution < -0.4 is 0 Å². The summed E-state index contributed by atoms with van der Waals surface area (Å²) in [7, 11) is 0. The molecule has 1 aromatic heterocycles. The van der Waals surface area contributed by atoms with E-state index in [1.165, 1.54) is 0 Å². The van der Waals surface area contributed by atoms with Crippen molar-refractivity contribution in [1.29, 1.82) is 0 Å². The van der Waals surface area contributed by atoms with E-state index in [0.717, 1.165) is 4.68 Å².